The average Bonchev–Trinajstić information content (AvgIpc) is 3.43. The quantitative estimate of drug-likeness (QED) is 0.204. The first-order valence-electron chi connectivity index (χ1n) is 10.8. The van der Waals surface area contributed by atoms with Crippen LogP contribution in [0, 0.1) is 11.8 Å². The van der Waals surface area contributed by atoms with Crippen LogP contribution in [-0.2, 0) is 4.74 Å². The van der Waals surface area contributed by atoms with Gasteiger partial charge >= 0.3 is 0 Å². The molecule has 1 saturated heterocycles. The Labute approximate surface area is 192 Å². The lowest BCUT2D eigenvalue weighted by atomic mass is 10.1. The number of ether oxygens (including phenoxy) is 2. The van der Waals surface area contributed by atoms with E-state index in [0.29, 0.717) is 5.92 Å². The summed E-state index contributed by atoms with van der Waals surface area (Å²) in [4.78, 5) is 7.23. The van der Waals surface area contributed by atoms with Crippen molar-refractivity contribution in [3.63, 3.8) is 0 Å². The Morgan fingerprint density at radius 2 is 2.00 bits per heavy atom. The first-order chi connectivity index (χ1) is 13.8. The summed E-state index contributed by atoms with van der Waals surface area (Å²) in [6.07, 6.45) is 4.88. The van der Waals surface area contributed by atoms with Crippen molar-refractivity contribution in [3.05, 3.63) is 24.3 Å². The van der Waals surface area contributed by atoms with Crippen LogP contribution in [0.15, 0.2) is 29.3 Å². The molecule has 1 unspecified atom stereocenters. The molecule has 3 rings (SSSR count). The van der Waals surface area contributed by atoms with Gasteiger partial charge in [-0.05, 0) is 56.6 Å². The maximum Gasteiger partial charge on any atom is 0.191 e. The van der Waals surface area contributed by atoms with Crippen LogP contribution >= 0.6 is 24.0 Å². The minimum Gasteiger partial charge on any atom is -0.495 e. The lowest BCUT2D eigenvalue weighted by Gasteiger charge is -2.21. The highest BCUT2D eigenvalue weighted by molar-refractivity contribution is 14.0. The molecule has 2 fully saturated rings. The highest BCUT2D eigenvalue weighted by Gasteiger charge is 2.24. The van der Waals surface area contributed by atoms with Gasteiger partial charge < -0.3 is 25.0 Å². The van der Waals surface area contributed by atoms with E-state index in [9.17, 15) is 0 Å². The van der Waals surface area contributed by atoms with Crippen molar-refractivity contribution in [1.29, 1.82) is 0 Å². The third-order valence-corrected chi connectivity index (χ3v) is 5.37. The van der Waals surface area contributed by atoms with E-state index in [1.54, 1.807) is 7.11 Å². The number of rotatable bonds is 11. The first kappa shape index (κ1) is 24.1. The molecule has 7 heteroatoms. The average molecular weight is 516 g/mol. The molecule has 1 saturated carbocycles. The van der Waals surface area contributed by atoms with E-state index < -0.39 is 0 Å². The molecular formula is C22H37IN4O2. The summed E-state index contributed by atoms with van der Waals surface area (Å²) < 4.78 is 11.2. The van der Waals surface area contributed by atoms with Crippen molar-refractivity contribution in [1.82, 2.24) is 10.6 Å². The maximum absolute atomic E-state index is 5.70. The summed E-state index contributed by atoms with van der Waals surface area (Å²) >= 11 is 0. The van der Waals surface area contributed by atoms with Crippen molar-refractivity contribution in [3.8, 4) is 5.75 Å². The van der Waals surface area contributed by atoms with Crippen LogP contribution in [0.1, 0.15) is 32.6 Å². The molecule has 0 aromatic heterocycles. The van der Waals surface area contributed by atoms with E-state index in [4.69, 9.17) is 14.5 Å². The number of hydrogen-bond donors (Lipinski definition) is 2. The monoisotopic (exact) mass is 516 g/mol. The van der Waals surface area contributed by atoms with Gasteiger partial charge in [-0.1, -0.05) is 12.1 Å². The van der Waals surface area contributed by atoms with Gasteiger partial charge in [0.1, 0.15) is 5.75 Å². The summed E-state index contributed by atoms with van der Waals surface area (Å²) in [5.41, 5.74) is 1.19. The molecule has 1 aromatic carbocycles. The summed E-state index contributed by atoms with van der Waals surface area (Å²) in [5.74, 6) is 3.28. The number of para-hydroxylation sites is 2. The molecule has 0 amide bonds. The zero-order valence-corrected chi connectivity index (χ0v) is 20.2. The fraction of sp³-hybridized carbons (Fsp3) is 0.682. The smallest absolute Gasteiger partial charge is 0.191 e. The van der Waals surface area contributed by atoms with Crippen LogP contribution in [-0.4, -0.2) is 59.0 Å². The SMILES string of the molecule is CCNC(=NCC1CCN(c2ccccc2OC)C1)NCCCOCC1CC1.I. The number of methoxy groups -OCH3 is 1. The fourth-order valence-corrected chi connectivity index (χ4v) is 3.57. The van der Waals surface area contributed by atoms with Gasteiger partial charge in [0.05, 0.1) is 12.8 Å². The van der Waals surface area contributed by atoms with Crippen molar-refractivity contribution < 1.29 is 9.47 Å². The zero-order chi connectivity index (χ0) is 19.6. The Bertz CT molecular complexity index is 625. The molecule has 164 valence electrons. The molecule has 0 spiro atoms. The molecule has 1 heterocycles. The molecule has 0 bridgehead atoms. The maximum atomic E-state index is 5.70. The number of guanidine groups is 1. The van der Waals surface area contributed by atoms with Gasteiger partial charge in [-0.3, -0.25) is 4.99 Å². The molecule has 6 nitrogen and oxygen atoms in total. The van der Waals surface area contributed by atoms with Crippen LogP contribution in [0.2, 0.25) is 0 Å². The van der Waals surface area contributed by atoms with Crippen LogP contribution in [0.3, 0.4) is 0 Å². The van der Waals surface area contributed by atoms with Crippen molar-refractivity contribution in [2.75, 3.05) is 57.9 Å². The Hall–Kier alpha value is -1.22. The molecule has 1 aromatic rings. The van der Waals surface area contributed by atoms with Gasteiger partial charge in [-0.25, -0.2) is 0 Å². The third-order valence-electron chi connectivity index (χ3n) is 5.37. The molecule has 29 heavy (non-hydrogen) atoms. The molecule has 1 aliphatic heterocycles. The minimum absolute atomic E-state index is 0. The van der Waals surface area contributed by atoms with Gasteiger partial charge in [-0.15, -0.1) is 24.0 Å². The summed E-state index contributed by atoms with van der Waals surface area (Å²) in [7, 11) is 1.74. The van der Waals surface area contributed by atoms with Crippen LogP contribution in [0.4, 0.5) is 5.69 Å². The second kappa shape index (κ2) is 13.2. The number of aliphatic imine (C=N–C) groups is 1. The van der Waals surface area contributed by atoms with Gasteiger partial charge in [0.15, 0.2) is 5.96 Å². The molecule has 0 radical (unpaired) electrons. The van der Waals surface area contributed by atoms with Crippen molar-refractivity contribution >= 4 is 35.6 Å². The van der Waals surface area contributed by atoms with Crippen molar-refractivity contribution in [2.24, 2.45) is 16.8 Å². The zero-order valence-electron chi connectivity index (χ0n) is 17.9. The minimum atomic E-state index is 0. The Morgan fingerprint density at radius 1 is 1.17 bits per heavy atom. The van der Waals surface area contributed by atoms with E-state index in [1.807, 2.05) is 12.1 Å². The lowest BCUT2D eigenvalue weighted by Crippen LogP contribution is -2.38. The van der Waals surface area contributed by atoms with E-state index >= 15 is 0 Å². The fourth-order valence-electron chi connectivity index (χ4n) is 3.57. The summed E-state index contributed by atoms with van der Waals surface area (Å²) in [6.45, 7) is 8.59. The summed E-state index contributed by atoms with van der Waals surface area (Å²) in [6, 6.07) is 8.26. The van der Waals surface area contributed by atoms with Crippen molar-refractivity contribution in [2.45, 2.75) is 32.6 Å². The third kappa shape index (κ3) is 8.20. The Morgan fingerprint density at radius 3 is 2.76 bits per heavy atom. The van der Waals surface area contributed by atoms with E-state index in [0.717, 1.165) is 76.4 Å². The highest BCUT2D eigenvalue weighted by atomic mass is 127. The van der Waals surface area contributed by atoms with Gasteiger partial charge in [0.25, 0.3) is 0 Å². The predicted octanol–water partition coefficient (Wildman–Crippen LogP) is 3.51. The number of halogens is 1. The van der Waals surface area contributed by atoms with Crippen LogP contribution in [0.25, 0.3) is 0 Å². The van der Waals surface area contributed by atoms with E-state index in [2.05, 4.69) is 34.6 Å². The van der Waals surface area contributed by atoms with E-state index in [1.165, 1.54) is 18.5 Å². The molecule has 1 atom stereocenters. The second-order valence-corrected chi connectivity index (χ2v) is 7.79. The van der Waals surface area contributed by atoms with Crippen LogP contribution in [0.5, 0.6) is 5.75 Å². The second-order valence-electron chi connectivity index (χ2n) is 7.79. The predicted molar refractivity (Wildman–Crippen MR) is 131 cm³/mol. The number of nitrogens with zero attached hydrogens (tertiary/aromatic N) is 2. The standard InChI is InChI=1S/C22H36N4O2.HI/c1-3-23-22(24-12-6-14-28-17-18-9-10-18)25-15-19-11-13-26(16-19)20-7-4-5-8-21(20)27-2;/h4-5,7-8,18-19H,3,6,9-17H2,1-2H3,(H2,23,24,25);1H. The normalized spacial score (nSPS) is 19.0. The molecule has 1 aliphatic carbocycles. The highest BCUT2D eigenvalue weighted by Crippen LogP contribution is 2.32. The van der Waals surface area contributed by atoms with Gasteiger partial charge in [-0.2, -0.15) is 0 Å². The summed E-state index contributed by atoms with van der Waals surface area (Å²) in [5, 5.41) is 6.79. The number of hydrogen-bond acceptors (Lipinski definition) is 4. The topological polar surface area (TPSA) is 58.1 Å². The molecular weight excluding hydrogens is 479 g/mol. The van der Waals surface area contributed by atoms with Gasteiger partial charge in [0, 0.05) is 45.9 Å². The molecule has 2 aliphatic rings. The Kier molecular flexibility index (Phi) is 10.9. The Balaban J connectivity index is 0.00000300. The lowest BCUT2D eigenvalue weighted by molar-refractivity contribution is 0.123. The van der Waals surface area contributed by atoms with Gasteiger partial charge in [0.2, 0.25) is 0 Å². The van der Waals surface area contributed by atoms with E-state index in [-0.39, 0.29) is 24.0 Å². The number of nitrogens with one attached hydrogen (secondary N) is 2. The molecule has 2 N–H and O–H groups in total. The number of benzene rings is 1. The van der Waals surface area contributed by atoms with Crippen LogP contribution < -0.4 is 20.3 Å². The first-order valence-corrected chi connectivity index (χ1v) is 10.8. The largest absolute Gasteiger partial charge is 0.495 e. The number of anilines is 1.